The minimum absolute atomic E-state index is 0.0110. The number of amides is 2. The largest absolute Gasteiger partial charge is 0.416 e. The molecule has 0 bridgehead atoms. The highest BCUT2D eigenvalue weighted by molar-refractivity contribution is 5.92. The molecule has 8 heteroatoms. The molecule has 0 saturated carbocycles. The van der Waals surface area contributed by atoms with Crippen molar-refractivity contribution < 1.29 is 22.8 Å². The lowest BCUT2D eigenvalue weighted by molar-refractivity contribution is -0.137. The molecule has 0 radical (unpaired) electrons. The molecule has 1 aromatic rings. The maximum atomic E-state index is 12.4. The molecule has 0 unspecified atom stereocenters. The minimum atomic E-state index is -4.41. The van der Waals surface area contributed by atoms with E-state index in [1.54, 1.807) is 7.05 Å². The zero-order valence-electron chi connectivity index (χ0n) is 13.2. The molecule has 0 aliphatic rings. The van der Waals surface area contributed by atoms with Crippen molar-refractivity contribution in [1.29, 1.82) is 0 Å². The van der Waals surface area contributed by atoms with Crippen molar-refractivity contribution in [1.82, 2.24) is 10.2 Å². The number of nitrogens with one attached hydrogen (secondary N) is 2. The van der Waals surface area contributed by atoms with Crippen LogP contribution in [0, 0.1) is 0 Å². The minimum Gasteiger partial charge on any atom is -0.353 e. The third-order valence-corrected chi connectivity index (χ3v) is 2.77. The molecule has 23 heavy (non-hydrogen) atoms. The van der Waals surface area contributed by atoms with Gasteiger partial charge in [0.2, 0.25) is 11.8 Å². The normalized spacial score (nSPS) is 11.7. The van der Waals surface area contributed by atoms with E-state index in [2.05, 4.69) is 10.6 Å². The Kier molecular flexibility index (Phi) is 6.56. The van der Waals surface area contributed by atoms with Gasteiger partial charge in [-0.15, -0.1) is 0 Å². The first-order valence-corrected chi connectivity index (χ1v) is 7.03. The van der Waals surface area contributed by atoms with E-state index < -0.39 is 17.6 Å². The number of rotatable bonds is 6. The van der Waals surface area contributed by atoms with Crippen LogP contribution in [-0.4, -0.2) is 42.9 Å². The van der Waals surface area contributed by atoms with Crippen molar-refractivity contribution in [3.05, 3.63) is 29.8 Å². The number of likely N-dealkylation sites (N-methyl/N-ethyl adjacent to an activating group) is 1. The van der Waals surface area contributed by atoms with Gasteiger partial charge < -0.3 is 10.6 Å². The molecule has 0 heterocycles. The fourth-order valence-corrected chi connectivity index (χ4v) is 1.86. The second-order valence-corrected chi connectivity index (χ2v) is 5.52. The molecule has 128 valence electrons. The topological polar surface area (TPSA) is 61.4 Å². The van der Waals surface area contributed by atoms with Crippen molar-refractivity contribution >= 4 is 17.5 Å². The fraction of sp³-hybridized carbons (Fsp3) is 0.467. The summed E-state index contributed by atoms with van der Waals surface area (Å²) in [5, 5.41) is 5.18. The molecule has 2 N–H and O–H groups in total. The molecule has 5 nitrogen and oxygen atoms in total. The lowest BCUT2D eigenvalue weighted by atomic mass is 10.2. The number of hydrogen-bond donors (Lipinski definition) is 2. The third-order valence-electron chi connectivity index (χ3n) is 2.77. The molecule has 0 spiro atoms. The average molecular weight is 331 g/mol. The van der Waals surface area contributed by atoms with Crippen molar-refractivity contribution in [3.63, 3.8) is 0 Å². The summed E-state index contributed by atoms with van der Waals surface area (Å²) in [6.45, 7) is 3.66. The van der Waals surface area contributed by atoms with Crippen LogP contribution in [0.3, 0.4) is 0 Å². The number of anilines is 1. The molecular formula is C15H20F3N3O2. The quantitative estimate of drug-likeness (QED) is 0.839. The van der Waals surface area contributed by atoms with Gasteiger partial charge in [-0.3, -0.25) is 14.5 Å². The summed E-state index contributed by atoms with van der Waals surface area (Å²) >= 11 is 0. The second-order valence-electron chi connectivity index (χ2n) is 5.52. The summed E-state index contributed by atoms with van der Waals surface area (Å²) < 4.78 is 37.3. The van der Waals surface area contributed by atoms with E-state index >= 15 is 0 Å². The summed E-state index contributed by atoms with van der Waals surface area (Å²) in [5.74, 6) is -0.616. The Bertz CT molecular complexity index is 542. The van der Waals surface area contributed by atoms with E-state index in [-0.39, 0.29) is 30.7 Å². The van der Waals surface area contributed by atoms with Crippen LogP contribution in [0.1, 0.15) is 19.4 Å². The molecular weight excluding hydrogens is 311 g/mol. The number of nitrogens with zero attached hydrogens (tertiary/aromatic N) is 1. The monoisotopic (exact) mass is 331 g/mol. The highest BCUT2D eigenvalue weighted by Gasteiger charge is 2.29. The first kappa shape index (κ1) is 19.0. The standard InChI is InChI=1S/C15H20F3N3O2/c1-10(2)19-13(22)8-21(3)9-14(23)20-12-6-4-11(5-7-12)15(16,17)18/h4-7,10H,8-9H2,1-3H3,(H,19,22)(H,20,23). The van der Waals surface area contributed by atoms with Gasteiger partial charge in [-0.2, -0.15) is 13.2 Å². The maximum absolute atomic E-state index is 12.4. The fourth-order valence-electron chi connectivity index (χ4n) is 1.86. The van der Waals surface area contributed by atoms with Gasteiger partial charge in [-0.05, 0) is 45.2 Å². The number of halogens is 3. The lowest BCUT2D eigenvalue weighted by Crippen LogP contribution is -2.41. The van der Waals surface area contributed by atoms with E-state index in [0.717, 1.165) is 12.1 Å². The summed E-state index contributed by atoms with van der Waals surface area (Å²) in [6.07, 6.45) is -4.41. The van der Waals surface area contributed by atoms with Crippen LogP contribution in [0.4, 0.5) is 18.9 Å². The molecule has 2 amide bonds. The van der Waals surface area contributed by atoms with Gasteiger partial charge >= 0.3 is 6.18 Å². The van der Waals surface area contributed by atoms with Crippen LogP contribution < -0.4 is 10.6 Å². The summed E-state index contributed by atoms with van der Waals surface area (Å²) in [4.78, 5) is 24.9. The van der Waals surface area contributed by atoms with E-state index in [1.807, 2.05) is 13.8 Å². The van der Waals surface area contributed by atoms with Crippen molar-refractivity contribution in [2.45, 2.75) is 26.1 Å². The predicted molar refractivity (Wildman–Crippen MR) is 80.8 cm³/mol. The van der Waals surface area contributed by atoms with Gasteiger partial charge in [0.15, 0.2) is 0 Å². The zero-order valence-corrected chi connectivity index (χ0v) is 13.2. The number of benzene rings is 1. The van der Waals surface area contributed by atoms with E-state index in [9.17, 15) is 22.8 Å². The van der Waals surface area contributed by atoms with Crippen LogP contribution in [0.25, 0.3) is 0 Å². The van der Waals surface area contributed by atoms with Gasteiger partial charge in [0.1, 0.15) is 0 Å². The molecule has 1 aromatic carbocycles. The van der Waals surface area contributed by atoms with E-state index in [0.29, 0.717) is 0 Å². The van der Waals surface area contributed by atoms with E-state index in [4.69, 9.17) is 0 Å². The Morgan fingerprint density at radius 2 is 1.61 bits per heavy atom. The van der Waals surface area contributed by atoms with Crippen LogP contribution in [0.5, 0.6) is 0 Å². The summed E-state index contributed by atoms with van der Waals surface area (Å²) in [5.41, 5.74) is -0.513. The maximum Gasteiger partial charge on any atom is 0.416 e. The number of alkyl halides is 3. The lowest BCUT2D eigenvalue weighted by Gasteiger charge is -2.17. The molecule has 0 aliphatic carbocycles. The Labute approximate surface area is 132 Å². The predicted octanol–water partition coefficient (Wildman–Crippen LogP) is 2.10. The molecule has 0 fully saturated rings. The number of carbonyl (C=O) groups is 2. The smallest absolute Gasteiger partial charge is 0.353 e. The number of carbonyl (C=O) groups excluding carboxylic acids is 2. The second kappa shape index (κ2) is 7.96. The van der Waals surface area contributed by atoms with Crippen LogP contribution in [-0.2, 0) is 15.8 Å². The molecule has 0 saturated heterocycles. The van der Waals surface area contributed by atoms with Gasteiger partial charge in [0.05, 0.1) is 18.7 Å². The van der Waals surface area contributed by atoms with Crippen LogP contribution in [0.15, 0.2) is 24.3 Å². The Morgan fingerprint density at radius 1 is 1.09 bits per heavy atom. The summed E-state index contributed by atoms with van der Waals surface area (Å²) in [7, 11) is 1.60. The van der Waals surface area contributed by atoms with Gasteiger partial charge in [-0.1, -0.05) is 0 Å². The first-order chi connectivity index (χ1) is 10.6. The third kappa shape index (κ3) is 7.14. The van der Waals surface area contributed by atoms with Crippen molar-refractivity contribution in [3.8, 4) is 0 Å². The highest BCUT2D eigenvalue weighted by Crippen LogP contribution is 2.29. The first-order valence-electron chi connectivity index (χ1n) is 7.03. The molecule has 0 aromatic heterocycles. The van der Waals surface area contributed by atoms with Crippen molar-refractivity contribution in [2.24, 2.45) is 0 Å². The SMILES string of the molecule is CC(C)NC(=O)CN(C)CC(=O)Nc1ccc(C(F)(F)F)cc1. The Morgan fingerprint density at radius 3 is 2.09 bits per heavy atom. The molecule has 1 rings (SSSR count). The van der Waals surface area contributed by atoms with Crippen molar-refractivity contribution in [2.75, 3.05) is 25.5 Å². The summed E-state index contributed by atoms with van der Waals surface area (Å²) in [6, 6.07) is 4.18. The molecule has 0 aliphatic heterocycles. The van der Waals surface area contributed by atoms with Crippen LogP contribution in [0.2, 0.25) is 0 Å². The molecule has 0 atom stereocenters. The average Bonchev–Trinajstić information content (AvgIpc) is 2.36. The zero-order chi connectivity index (χ0) is 17.6. The van der Waals surface area contributed by atoms with Gasteiger partial charge in [0.25, 0.3) is 0 Å². The Balaban J connectivity index is 2.48. The highest BCUT2D eigenvalue weighted by atomic mass is 19.4. The Hall–Kier alpha value is -2.09. The van der Waals surface area contributed by atoms with Crippen LogP contribution >= 0.6 is 0 Å². The van der Waals surface area contributed by atoms with Gasteiger partial charge in [0, 0.05) is 11.7 Å². The van der Waals surface area contributed by atoms with E-state index in [1.165, 1.54) is 17.0 Å². The van der Waals surface area contributed by atoms with Gasteiger partial charge in [-0.25, -0.2) is 0 Å². The number of hydrogen-bond acceptors (Lipinski definition) is 3.